The molecule has 1 aromatic carbocycles. The van der Waals surface area contributed by atoms with E-state index in [-0.39, 0.29) is 29.9 Å². The van der Waals surface area contributed by atoms with Gasteiger partial charge in [-0.2, -0.15) is 10.1 Å². The van der Waals surface area contributed by atoms with Crippen molar-refractivity contribution in [1.82, 2.24) is 25.0 Å². The van der Waals surface area contributed by atoms with Crippen LogP contribution in [0.1, 0.15) is 43.5 Å². The van der Waals surface area contributed by atoms with Gasteiger partial charge in [-0.25, -0.2) is 0 Å². The van der Waals surface area contributed by atoms with Crippen molar-refractivity contribution in [3.63, 3.8) is 0 Å². The van der Waals surface area contributed by atoms with Gasteiger partial charge in [0.25, 0.3) is 0 Å². The highest BCUT2D eigenvalue weighted by atomic mass is 16.5. The first kappa shape index (κ1) is 18.4. The topological polar surface area (TPSA) is 97.7 Å². The summed E-state index contributed by atoms with van der Waals surface area (Å²) in [4.78, 5) is 17.2. The van der Waals surface area contributed by atoms with E-state index in [1.165, 1.54) is 5.56 Å². The lowest BCUT2D eigenvalue weighted by Crippen LogP contribution is -2.25. The normalized spacial score (nSPS) is 19.3. The molecule has 0 spiro atoms. The van der Waals surface area contributed by atoms with E-state index in [0.717, 1.165) is 11.1 Å². The number of benzene rings is 1. The molecule has 8 nitrogen and oxygen atoms in total. The lowest BCUT2D eigenvalue weighted by Gasteiger charge is -2.16. The highest BCUT2D eigenvalue weighted by molar-refractivity contribution is 5.91. The van der Waals surface area contributed by atoms with Gasteiger partial charge in [-0.3, -0.25) is 19.9 Å². The molecule has 0 saturated carbocycles. The van der Waals surface area contributed by atoms with Crippen molar-refractivity contribution < 1.29 is 9.53 Å². The first-order valence-corrected chi connectivity index (χ1v) is 9.47. The fourth-order valence-electron chi connectivity index (χ4n) is 3.33. The number of rotatable bonds is 5. The summed E-state index contributed by atoms with van der Waals surface area (Å²) < 4.78 is 7.70. The fraction of sp³-hybridized carbons (Fsp3) is 0.400. The van der Waals surface area contributed by atoms with Gasteiger partial charge in [0.05, 0.1) is 18.2 Å². The van der Waals surface area contributed by atoms with Crippen LogP contribution >= 0.6 is 0 Å². The standard InChI is InChI=1S/C20H24N6O2/c1-12(2)26-11-15(10-21-26)17-16(8-9-28-17)19(27)23-20-22-18(24-25-20)14-6-4-13(3)5-7-14/h4-7,10-12,16-17H,8-9H2,1-3H3,(H2,22,23,24,25,27)/t16-,17+/m1/s1. The molecule has 8 heteroatoms. The maximum absolute atomic E-state index is 12.8. The number of nitrogens with one attached hydrogen (secondary N) is 2. The maximum atomic E-state index is 12.8. The van der Waals surface area contributed by atoms with E-state index in [4.69, 9.17) is 4.74 Å². The SMILES string of the molecule is Cc1ccc(-c2nc(NC(=O)[C@@H]3CCO[C@H]3c3cnn(C(C)C)c3)n[nH]2)cc1. The van der Waals surface area contributed by atoms with Crippen LogP contribution < -0.4 is 5.32 Å². The summed E-state index contributed by atoms with van der Waals surface area (Å²) in [6.07, 6.45) is 4.07. The van der Waals surface area contributed by atoms with E-state index in [1.54, 1.807) is 6.20 Å². The Hall–Kier alpha value is -3.00. The van der Waals surface area contributed by atoms with E-state index in [0.29, 0.717) is 18.9 Å². The molecule has 0 aliphatic carbocycles. The van der Waals surface area contributed by atoms with Gasteiger partial charge in [0.15, 0.2) is 5.82 Å². The molecule has 1 saturated heterocycles. The minimum Gasteiger partial charge on any atom is -0.373 e. The van der Waals surface area contributed by atoms with E-state index in [1.807, 2.05) is 42.1 Å². The molecule has 3 heterocycles. The van der Waals surface area contributed by atoms with Crippen LogP contribution in [-0.2, 0) is 9.53 Å². The van der Waals surface area contributed by atoms with Gasteiger partial charge in [-0.15, -0.1) is 5.10 Å². The minimum absolute atomic E-state index is 0.144. The fourth-order valence-corrected chi connectivity index (χ4v) is 3.33. The molecule has 0 bridgehead atoms. The lowest BCUT2D eigenvalue weighted by atomic mass is 9.96. The molecule has 3 aromatic rings. The highest BCUT2D eigenvalue weighted by Crippen LogP contribution is 2.35. The molecular formula is C20H24N6O2. The Balaban J connectivity index is 1.46. The first-order valence-electron chi connectivity index (χ1n) is 9.47. The highest BCUT2D eigenvalue weighted by Gasteiger charge is 2.36. The summed E-state index contributed by atoms with van der Waals surface area (Å²) in [6, 6.07) is 8.21. The summed E-state index contributed by atoms with van der Waals surface area (Å²) in [5, 5.41) is 14.2. The largest absolute Gasteiger partial charge is 0.373 e. The number of H-pyrrole nitrogens is 1. The second-order valence-corrected chi connectivity index (χ2v) is 7.40. The van der Waals surface area contributed by atoms with Crippen molar-refractivity contribution in [2.75, 3.05) is 11.9 Å². The number of anilines is 1. The van der Waals surface area contributed by atoms with Crippen LogP contribution in [0.2, 0.25) is 0 Å². The average molecular weight is 380 g/mol. The second kappa shape index (κ2) is 7.55. The van der Waals surface area contributed by atoms with Crippen LogP contribution in [0, 0.1) is 12.8 Å². The van der Waals surface area contributed by atoms with Gasteiger partial charge >= 0.3 is 0 Å². The molecule has 2 atom stereocenters. The van der Waals surface area contributed by atoms with E-state index in [9.17, 15) is 4.79 Å². The third-order valence-electron chi connectivity index (χ3n) is 4.95. The Morgan fingerprint density at radius 3 is 2.82 bits per heavy atom. The number of aryl methyl sites for hydroxylation is 1. The van der Waals surface area contributed by atoms with Crippen LogP contribution in [-0.4, -0.2) is 37.5 Å². The molecule has 0 radical (unpaired) electrons. The monoisotopic (exact) mass is 380 g/mol. The van der Waals surface area contributed by atoms with Gasteiger partial charge in [0.1, 0.15) is 0 Å². The summed E-state index contributed by atoms with van der Waals surface area (Å²) in [6.45, 7) is 6.69. The van der Waals surface area contributed by atoms with Crippen LogP contribution in [0.5, 0.6) is 0 Å². The van der Waals surface area contributed by atoms with Gasteiger partial charge in [0.2, 0.25) is 11.9 Å². The molecule has 4 rings (SSSR count). The summed E-state index contributed by atoms with van der Waals surface area (Å²) in [7, 11) is 0. The predicted molar refractivity (Wildman–Crippen MR) is 105 cm³/mol. The molecule has 1 amide bonds. The number of amides is 1. The Morgan fingerprint density at radius 1 is 1.32 bits per heavy atom. The quantitative estimate of drug-likeness (QED) is 0.708. The van der Waals surface area contributed by atoms with E-state index < -0.39 is 0 Å². The second-order valence-electron chi connectivity index (χ2n) is 7.40. The molecule has 2 N–H and O–H groups in total. The third kappa shape index (κ3) is 3.68. The Morgan fingerprint density at radius 2 is 2.11 bits per heavy atom. The van der Waals surface area contributed by atoms with Gasteiger partial charge in [0, 0.05) is 30.0 Å². The van der Waals surface area contributed by atoms with Crippen molar-refractivity contribution in [3.05, 3.63) is 47.8 Å². The van der Waals surface area contributed by atoms with E-state index >= 15 is 0 Å². The number of hydrogen-bond donors (Lipinski definition) is 2. The van der Waals surface area contributed by atoms with Gasteiger partial charge in [-0.1, -0.05) is 29.8 Å². The number of carbonyl (C=O) groups is 1. The van der Waals surface area contributed by atoms with Gasteiger partial charge < -0.3 is 4.74 Å². The molecule has 2 aromatic heterocycles. The van der Waals surface area contributed by atoms with Crippen molar-refractivity contribution in [2.24, 2.45) is 5.92 Å². The maximum Gasteiger partial charge on any atom is 0.249 e. The molecule has 28 heavy (non-hydrogen) atoms. The van der Waals surface area contributed by atoms with Crippen molar-refractivity contribution in [2.45, 2.75) is 39.3 Å². The molecule has 146 valence electrons. The molecule has 1 aliphatic rings. The number of nitrogens with zero attached hydrogens (tertiary/aromatic N) is 4. The van der Waals surface area contributed by atoms with Crippen molar-refractivity contribution in [1.29, 1.82) is 0 Å². The zero-order chi connectivity index (χ0) is 19.7. The number of aromatic nitrogens is 5. The molecule has 1 fully saturated rings. The molecule has 0 unspecified atom stereocenters. The summed E-state index contributed by atoms with van der Waals surface area (Å²) >= 11 is 0. The Labute approximate surface area is 163 Å². The van der Waals surface area contributed by atoms with Crippen molar-refractivity contribution in [3.8, 4) is 11.4 Å². The van der Waals surface area contributed by atoms with Crippen LogP contribution in [0.4, 0.5) is 5.95 Å². The lowest BCUT2D eigenvalue weighted by molar-refractivity contribution is -0.121. The number of aromatic amines is 1. The Bertz CT molecular complexity index is 959. The van der Waals surface area contributed by atoms with Crippen LogP contribution in [0.25, 0.3) is 11.4 Å². The number of carbonyl (C=O) groups excluding carboxylic acids is 1. The summed E-state index contributed by atoms with van der Waals surface area (Å²) in [5.74, 6) is 0.442. The third-order valence-corrected chi connectivity index (χ3v) is 4.95. The predicted octanol–water partition coefficient (Wildman–Crippen LogP) is 3.27. The number of ether oxygens (including phenoxy) is 1. The average Bonchev–Trinajstić information content (AvgIpc) is 3.42. The molecular weight excluding hydrogens is 356 g/mol. The number of hydrogen-bond acceptors (Lipinski definition) is 5. The smallest absolute Gasteiger partial charge is 0.249 e. The zero-order valence-electron chi connectivity index (χ0n) is 16.2. The minimum atomic E-state index is -0.303. The van der Waals surface area contributed by atoms with Crippen molar-refractivity contribution >= 4 is 11.9 Å². The van der Waals surface area contributed by atoms with Gasteiger partial charge in [-0.05, 0) is 27.2 Å². The van der Waals surface area contributed by atoms with Crippen LogP contribution in [0.15, 0.2) is 36.7 Å². The van der Waals surface area contributed by atoms with E-state index in [2.05, 4.69) is 39.4 Å². The molecule has 1 aliphatic heterocycles. The first-order chi connectivity index (χ1) is 13.5. The Kier molecular flexibility index (Phi) is 4.95. The zero-order valence-corrected chi connectivity index (χ0v) is 16.2. The summed E-state index contributed by atoms with van der Waals surface area (Å²) in [5.41, 5.74) is 3.01. The van der Waals surface area contributed by atoms with Crippen LogP contribution in [0.3, 0.4) is 0 Å².